The minimum atomic E-state index is -1.21. The number of carbonyl (C=O) groups excluding carboxylic acids is 2. The molecule has 162 valence electrons. The molecule has 0 aliphatic carbocycles. The molecule has 31 heavy (non-hydrogen) atoms. The molecule has 0 atom stereocenters. The van der Waals surface area contributed by atoms with Gasteiger partial charge in [0.05, 0.1) is 11.4 Å². The zero-order valence-electron chi connectivity index (χ0n) is 17.5. The molecule has 0 fully saturated rings. The Morgan fingerprint density at radius 2 is 1.87 bits per heavy atom. The highest BCUT2D eigenvalue weighted by Gasteiger charge is 2.32. The molecule has 0 unspecified atom stereocenters. The lowest BCUT2D eigenvalue weighted by atomic mass is 10.0. The number of aromatic nitrogens is 2. The van der Waals surface area contributed by atoms with Crippen LogP contribution in [-0.2, 0) is 15.1 Å². The Morgan fingerprint density at radius 3 is 2.52 bits per heavy atom. The monoisotopic (exact) mass is 440 g/mol. The number of thiophene rings is 1. The van der Waals surface area contributed by atoms with Crippen molar-refractivity contribution in [2.24, 2.45) is 0 Å². The van der Waals surface area contributed by atoms with Crippen LogP contribution in [0.3, 0.4) is 0 Å². The van der Waals surface area contributed by atoms with Crippen molar-refractivity contribution in [1.29, 1.82) is 0 Å². The molecule has 0 spiro atoms. The highest BCUT2D eigenvalue weighted by atomic mass is 32.1. The number of hydrogen-bond acceptors (Lipinski definition) is 6. The van der Waals surface area contributed by atoms with Crippen LogP contribution < -0.4 is 20.9 Å². The van der Waals surface area contributed by atoms with Gasteiger partial charge >= 0.3 is 0 Å². The third-order valence-corrected chi connectivity index (χ3v) is 5.41. The molecule has 9 heteroatoms. The minimum absolute atomic E-state index is 0.112. The van der Waals surface area contributed by atoms with Gasteiger partial charge in [0.1, 0.15) is 23.6 Å². The Labute approximate surface area is 183 Å². The number of amides is 2. The normalized spacial score (nSPS) is 11.1. The van der Waals surface area contributed by atoms with Gasteiger partial charge in [0.15, 0.2) is 0 Å². The maximum Gasteiger partial charge on any atom is 0.267 e. The van der Waals surface area contributed by atoms with E-state index in [4.69, 9.17) is 4.74 Å². The molecule has 8 nitrogen and oxygen atoms in total. The van der Waals surface area contributed by atoms with Crippen molar-refractivity contribution >= 4 is 28.8 Å². The Bertz CT molecular complexity index is 1110. The first kappa shape index (κ1) is 22.2. The second-order valence-corrected chi connectivity index (χ2v) is 8.26. The molecule has 0 saturated carbocycles. The van der Waals surface area contributed by atoms with E-state index in [1.54, 1.807) is 44.2 Å². The van der Waals surface area contributed by atoms with Gasteiger partial charge in [-0.05, 0) is 55.6 Å². The quantitative estimate of drug-likeness (QED) is 0.525. The molecule has 0 saturated heterocycles. The minimum Gasteiger partial charge on any atom is -0.492 e. The van der Waals surface area contributed by atoms with Crippen molar-refractivity contribution in [3.05, 3.63) is 64.3 Å². The number of nitrogens with one attached hydrogen (secondary N) is 2. The molecule has 2 amide bonds. The van der Waals surface area contributed by atoms with Crippen LogP contribution in [0.25, 0.3) is 10.6 Å². The summed E-state index contributed by atoms with van der Waals surface area (Å²) in [5.74, 6) is 0.132. The Kier molecular flexibility index (Phi) is 6.86. The van der Waals surface area contributed by atoms with Crippen LogP contribution in [0.1, 0.15) is 20.8 Å². The maximum atomic E-state index is 13.0. The number of benzene rings is 1. The third-order valence-electron chi connectivity index (χ3n) is 4.52. The molecule has 2 aromatic heterocycles. The van der Waals surface area contributed by atoms with Crippen LogP contribution in [0, 0.1) is 0 Å². The molecule has 3 aromatic rings. The fraction of sp³-hybridized carbons (Fsp3) is 0.273. The Balaban J connectivity index is 1.69. The van der Waals surface area contributed by atoms with Gasteiger partial charge in [0, 0.05) is 18.7 Å². The second-order valence-electron chi connectivity index (χ2n) is 7.31. The summed E-state index contributed by atoms with van der Waals surface area (Å²) in [6.07, 6.45) is 0. The number of carbonyl (C=O) groups is 2. The van der Waals surface area contributed by atoms with Crippen LogP contribution in [0.2, 0.25) is 0 Å². The molecule has 0 radical (unpaired) electrons. The summed E-state index contributed by atoms with van der Waals surface area (Å²) in [6.45, 7) is 5.49. The van der Waals surface area contributed by atoms with Crippen molar-refractivity contribution in [3.8, 4) is 16.3 Å². The molecule has 3 rings (SSSR count). The average molecular weight is 441 g/mol. The summed E-state index contributed by atoms with van der Waals surface area (Å²) in [6, 6.07) is 13.8. The molecule has 0 aliphatic heterocycles. The van der Waals surface area contributed by atoms with Crippen molar-refractivity contribution in [2.75, 3.05) is 18.5 Å². The van der Waals surface area contributed by atoms with E-state index in [-0.39, 0.29) is 17.4 Å². The molecular formula is C22H24N4O4S. The lowest BCUT2D eigenvalue weighted by Crippen LogP contribution is -2.47. The smallest absolute Gasteiger partial charge is 0.267 e. The second kappa shape index (κ2) is 9.57. The standard InChI is InChI=1S/C22H24N4O4S/c1-15(27)23-12-13-30-17-8-6-16(7-9-17)24-21(29)22(2,3)26-20(28)11-10-18(25-26)19-5-4-14-31-19/h4-11,14H,12-13H2,1-3H3,(H,23,27)(H,24,29). The molecule has 1 aromatic carbocycles. The van der Waals surface area contributed by atoms with E-state index in [2.05, 4.69) is 15.7 Å². The van der Waals surface area contributed by atoms with Crippen molar-refractivity contribution in [3.63, 3.8) is 0 Å². The average Bonchev–Trinajstić information content (AvgIpc) is 3.27. The summed E-state index contributed by atoms with van der Waals surface area (Å²) < 4.78 is 6.74. The fourth-order valence-corrected chi connectivity index (χ4v) is 3.47. The summed E-state index contributed by atoms with van der Waals surface area (Å²) >= 11 is 1.51. The predicted molar refractivity (Wildman–Crippen MR) is 120 cm³/mol. The van der Waals surface area contributed by atoms with E-state index in [1.807, 2.05) is 17.5 Å². The lowest BCUT2D eigenvalue weighted by Gasteiger charge is -2.25. The highest BCUT2D eigenvalue weighted by Crippen LogP contribution is 2.23. The third kappa shape index (κ3) is 5.58. The van der Waals surface area contributed by atoms with Crippen molar-refractivity contribution in [1.82, 2.24) is 15.1 Å². The number of hydrogen-bond donors (Lipinski definition) is 2. The van der Waals surface area contributed by atoms with Gasteiger partial charge in [-0.25, -0.2) is 4.68 Å². The zero-order valence-corrected chi connectivity index (χ0v) is 18.4. The van der Waals surface area contributed by atoms with E-state index in [9.17, 15) is 14.4 Å². The first-order valence-electron chi connectivity index (χ1n) is 9.71. The summed E-state index contributed by atoms with van der Waals surface area (Å²) in [5.41, 5.74) is -0.368. The van der Waals surface area contributed by atoms with Gasteiger partial charge in [-0.1, -0.05) is 6.07 Å². The molecule has 0 aliphatic rings. The molecule has 2 N–H and O–H groups in total. The number of rotatable bonds is 8. The van der Waals surface area contributed by atoms with E-state index in [0.717, 1.165) is 4.88 Å². The first-order valence-corrected chi connectivity index (χ1v) is 10.6. The topological polar surface area (TPSA) is 102 Å². The van der Waals surface area contributed by atoms with Crippen LogP contribution in [0.15, 0.2) is 58.7 Å². The van der Waals surface area contributed by atoms with Crippen molar-refractivity contribution < 1.29 is 14.3 Å². The fourth-order valence-electron chi connectivity index (χ4n) is 2.78. The van der Waals surface area contributed by atoms with Gasteiger partial charge in [0.25, 0.3) is 11.5 Å². The number of nitrogens with zero attached hydrogens (tertiary/aromatic N) is 2. The van der Waals surface area contributed by atoms with E-state index >= 15 is 0 Å². The van der Waals surface area contributed by atoms with Crippen LogP contribution in [-0.4, -0.2) is 34.7 Å². The van der Waals surface area contributed by atoms with E-state index in [0.29, 0.717) is 30.3 Å². The first-order chi connectivity index (χ1) is 14.8. The van der Waals surface area contributed by atoms with Gasteiger partial charge in [-0.15, -0.1) is 11.3 Å². The molecule has 2 heterocycles. The van der Waals surface area contributed by atoms with E-state index in [1.165, 1.54) is 29.0 Å². The number of ether oxygens (including phenoxy) is 1. The maximum absolute atomic E-state index is 13.0. The number of anilines is 1. The Morgan fingerprint density at radius 1 is 1.13 bits per heavy atom. The van der Waals surface area contributed by atoms with Gasteiger partial charge in [0.2, 0.25) is 5.91 Å². The van der Waals surface area contributed by atoms with E-state index < -0.39 is 5.54 Å². The van der Waals surface area contributed by atoms with Gasteiger partial charge < -0.3 is 15.4 Å². The highest BCUT2D eigenvalue weighted by molar-refractivity contribution is 7.13. The molecular weight excluding hydrogens is 416 g/mol. The Hall–Kier alpha value is -3.46. The summed E-state index contributed by atoms with van der Waals surface area (Å²) in [5, 5.41) is 11.8. The predicted octanol–water partition coefficient (Wildman–Crippen LogP) is 2.86. The lowest BCUT2D eigenvalue weighted by molar-refractivity contribution is -0.123. The van der Waals surface area contributed by atoms with Crippen LogP contribution in [0.5, 0.6) is 5.75 Å². The summed E-state index contributed by atoms with van der Waals surface area (Å²) in [7, 11) is 0. The summed E-state index contributed by atoms with van der Waals surface area (Å²) in [4.78, 5) is 37.2. The van der Waals surface area contributed by atoms with Gasteiger partial charge in [-0.3, -0.25) is 14.4 Å². The molecule has 0 bridgehead atoms. The van der Waals surface area contributed by atoms with Crippen LogP contribution >= 0.6 is 11.3 Å². The SMILES string of the molecule is CC(=O)NCCOc1ccc(NC(=O)C(C)(C)n2nc(-c3cccs3)ccc2=O)cc1. The zero-order chi connectivity index (χ0) is 22.4. The van der Waals surface area contributed by atoms with Crippen molar-refractivity contribution in [2.45, 2.75) is 26.3 Å². The van der Waals surface area contributed by atoms with Gasteiger partial charge in [-0.2, -0.15) is 5.10 Å². The largest absolute Gasteiger partial charge is 0.492 e. The van der Waals surface area contributed by atoms with Crippen LogP contribution in [0.4, 0.5) is 5.69 Å².